The Morgan fingerprint density at radius 1 is 1.11 bits per heavy atom. The highest BCUT2D eigenvalue weighted by atomic mass is 19.1. The van der Waals surface area contributed by atoms with Crippen molar-refractivity contribution in [1.82, 2.24) is 30.1 Å². The minimum Gasteiger partial charge on any atom is -0.354 e. The lowest BCUT2D eigenvalue weighted by atomic mass is 9.90. The van der Waals surface area contributed by atoms with Gasteiger partial charge in [0.15, 0.2) is 11.5 Å². The smallest absolute Gasteiger partial charge is 0.182 e. The van der Waals surface area contributed by atoms with Crippen molar-refractivity contribution >= 4 is 17.0 Å². The van der Waals surface area contributed by atoms with Gasteiger partial charge in [0, 0.05) is 30.3 Å². The van der Waals surface area contributed by atoms with Crippen LogP contribution in [-0.2, 0) is 0 Å². The van der Waals surface area contributed by atoms with E-state index in [2.05, 4.69) is 35.0 Å². The standard InChI is InChI=1S/C19H18FN7/c20-14-5-3-12(4-6-14)15-8-25-26-16(15)13-2-1-7-27(9-13)19-17-18(22-10-21-17)23-11-24-19/h3-6,8,10-11,13H,1-2,7,9H2,(H,25,26)(H,21,22,23,24)/t13-/m1/s1. The molecule has 1 aliphatic rings. The fourth-order valence-corrected chi connectivity index (χ4v) is 3.86. The molecule has 3 aromatic heterocycles. The monoisotopic (exact) mass is 363 g/mol. The minimum atomic E-state index is -0.236. The molecule has 1 atom stereocenters. The molecule has 136 valence electrons. The second kappa shape index (κ2) is 6.46. The van der Waals surface area contributed by atoms with Gasteiger partial charge >= 0.3 is 0 Å². The van der Waals surface area contributed by atoms with Crippen LogP contribution < -0.4 is 4.90 Å². The van der Waals surface area contributed by atoms with Gasteiger partial charge in [0.25, 0.3) is 0 Å². The van der Waals surface area contributed by atoms with Crippen molar-refractivity contribution in [3.05, 3.63) is 54.6 Å². The summed E-state index contributed by atoms with van der Waals surface area (Å²) in [5.74, 6) is 0.930. The summed E-state index contributed by atoms with van der Waals surface area (Å²) in [5, 5.41) is 7.43. The number of aromatic nitrogens is 6. The molecule has 0 spiro atoms. The van der Waals surface area contributed by atoms with Gasteiger partial charge in [0.1, 0.15) is 17.7 Å². The van der Waals surface area contributed by atoms with Crippen LogP contribution >= 0.6 is 0 Å². The normalized spacial score (nSPS) is 17.5. The second-order valence-electron chi connectivity index (χ2n) is 6.79. The summed E-state index contributed by atoms with van der Waals surface area (Å²) >= 11 is 0. The molecule has 5 rings (SSSR count). The Bertz CT molecular complexity index is 1070. The van der Waals surface area contributed by atoms with Gasteiger partial charge in [0.2, 0.25) is 0 Å². The first-order chi connectivity index (χ1) is 13.3. The van der Waals surface area contributed by atoms with Gasteiger partial charge in [-0.25, -0.2) is 19.3 Å². The summed E-state index contributed by atoms with van der Waals surface area (Å²) in [4.78, 5) is 18.3. The molecule has 0 radical (unpaired) electrons. The van der Waals surface area contributed by atoms with Crippen LogP contribution in [0.2, 0.25) is 0 Å². The minimum absolute atomic E-state index is 0.236. The van der Waals surface area contributed by atoms with Crippen molar-refractivity contribution in [1.29, 1.82) is 0 Å². The van der Waals surface area contributed by atoms with Gasteiger partial charge in [0.05, 0.1) is 12.5 Å². The summed E-state index contributed by atoms with van der Waals surface area (Å²) in [7, 11) is 0. The maximum absolute atomic E-state index is 13.3. The Kier molecular flexibility index (Phi) is 3.81. The van der Waals surface area contributed by atoms with Gasteiger partial charge in [-0.2, -0.15) is 5.10 Å². The highest BCUT2D eigenvalue weighted by Crippen LogP contribution is 2.35. The molecule has 27 heavy (non-hydrogen) atoms. The maximum atomic E-state index is 13.3. The molecule has 7 nitrogen and oxygen atoms in total. The largest absolute Gasteiger partial charge is 0.354 e. The highest BCUT2D eigenvalue weighted by molar-refractivity contribution is 5.82. The zero-order valence-corrected chi connectivity index (χ0v) is 14.6. The van der Waals surface area contributed by atoms with E-state index in [9.17, 15) is 4.39 Å². The number of hydrogen-bond donors (Lipinski definition) is 2. The van der Waals surface area contributed by atoms with Crippen molar-refractivity contribution in [2.75, 3.05) is 18.0 Å². The molecule has 0 saturated carbocycles. The number of nitrogens with zero attached hydrogens (tertiary/aromatic N) is 5. The number of anilines is 1. The first-order valence-electron chi connectivity index (χ1n) is 8.98. The van der Waals surface area contributed by atoms with E-state index in [1.807, 2.05) is 6.20 Å². The van der Waals surface area contributed by atoms with Crippen LogP contribution in [-0.4, -0.2) is 43.2 Å². The molecule has 1 aliphatic heterocycles. The van der Waals surface area contributed by atoms with E-state index >= 15 is 0 Å². The van der Waals surface area contributed by atoms with Gasteiger partial charge in [-0.15, -0.1) is 0 Å². The van der Waals surface area contributed by atoms with Crippen molar-refractivity contribution < 1.29 is 4.39 Å². The van der Waals surface area contributed by atoms with E-state index in [0.717, 1.165) is 54.1 Å². The van der Waals surface area contributed by atoms with E-state index in [0.29, 0.717) is 5.65 Å². The molecule has 0 amide bonds. The Morgan fingerprint density at radius 2 is 2.00 bits per heavy atom. The molecule has 2 N–H and O–H groups in total. The fraction of sp³-hybridized carbons (Fsp3) is 0.263. The number of halogens is 1. The molecule has 1 fully saturated rings. The van der Waals surface area contributed by atoms with E-state index in [1.165, 1.54) is 12.1 Å². The lowest BCUT2D eigenvalue weighted by Gasteiger charge is -2.33. The average Bonchev–Trinajstić information content (AvgIpc) is 3.38. The molecule has 4 heterocycles. The van der Waals surface area contributed by atoms with Crippen LogP contribution in [0.25, 0.3) is 22.3 Å². The maximum Gasteiger partial charge on any atom is 0.182 e. The zero-order valence-electron chi connectivity index (χ0n) is 14.6. The van der Waals surface area contributed by atoms with Gasteiger partial charge in [-0.05, 0) is 30.5 Å². The molecule has 8 heteroatoms. The Hall–Kier alpha value is -3.29. The number of benzene rings is 1. The molecule has 0 aliphatic carbocycles. The first kappa shape index (κ1) is 15.9. The Morgan fingerprint density at radius 3 is 2.89 bits per heavy atom. The van der Waals surface area contributed by atoms with Crippen LogP contribution in [0.3, 0.4) is 0 Å². The average molecular weight is 363 g/mol. The molecule has 1 saturated heterocycles. The van der Waals surface area contributed by atoms with Crippen molar-refractivity contribution in [3.8, 4) is 11.1 Å². The van der Waals surface area contributed by atoms with Gasteiger partial charge in [-0.1, -0.05) is 12.1 Å². The lowest BCUT2D eigenvalue weighted by Crippen LogP contribution is -2.35. The summed E-state index contributed by atoms with van der Waals surface area (Å²) in [6, 6.07) is 6.55. The topological polar surface area (TPSA) is 86.4 Å². The number of H-pyrrole nitrogens is 2. The van der Waals surface area contributed by atoms with Crippen molar-refractivity contribution in [2.24, 2.45) is 0 Å². The third-order valence-electron chi connectivity index (χ3n) is 5.16. The Balaban J connectivity index is 1.46. The SMILES string of the molecule is Fc1ccc(-c2cn[nH]c2[C@@H]2CCCN(c3ncnc4nc[nH]c34)C2)cc1. The number of fused-ring (bicyclic) bond motifs is 1. The zero-order chi connectivity index (χ0) is 18.2. The lowest BCUT2D eigenvalue weighted by molar-refractivity contribution is 0.499. The number of piperidine rings is 1. The molecular formula is C19H18FN7. The number of nitrogens with one attached hydrogen (secondary N) is 2. The molecule has 0 bridgehead atoms. The number of aromatic amines is 2. The molecule has 0 unspecified atom stereocenters. The van der Waals surface area contributed by atoms with Crippen LogP contribution in [0.5, 0.6) is 0 Å². The third kappa shape index (κ3) is 2.83. The summed E-state index contributed by atoms with van der Waals surface area (Å²) < 4.78 is 13.3. The number of hydrogen-bond acceptors (Lipinski definition) is 5. The molecule has 1 aromatic carbocycles. The van der Waals surface area contributed by atoms with Crippen LogP contribution in [0.4, 0.5) is 10.2 Å². The quantitative estimate of drug-likeness (QED) is 0.583. The fourth-order valence-electron chi connectivity index (χ4n) is 3.86. The first-order valence-corrected chi connectivity index (χ1v) is 8.98. The summed E-state index contributed by atoms with van der Waals surface area (Å²) in [6.45, 7) is 1.75. The van der Waals surface area contributed by atoms with E-state index in [1.54, 1.807) is 24.8 Å². The number of imidazole rings is 1. The van der Waals surface area contributed by atoms with Crippen LogP contribution in [0.1, 0.15) is 24.5 Å². The second-order valence-corrected chi connectivity index (χ2v) is 6.79. The van der Waals surface area contributed by atoms with Crippen molar-refractivity contribution in [3.63, 3.8) is 0 Å². The summed E-state index contributed by atoms with van der Waals surface area (Å²) in [6.07, 6.45) is 7.13. The Labute approximate surface area is 154 Å². The predicted molar refractivity (Wildman–Crippen MR) is 99.9 cm³/mol. The number of rotatable bonds is 3. The van der Waals surface area contributed by atoms with E-state index < -0.39 is 0 Å². The van der Waals surface area contributed by atoms with Gasteiger partial charge < -0.3 is 9.88 Å². The van der Waals surface area contributed by atoms with Crippen LogP contribution in [0.15, 0.2) is 43.1 Å². The van der Waals surface area contributed by atoms with E-state index in [4.69, 9.17) is 0 Å². The van der Waals surface area contributed by atoms with Crippen LogP contribution in [0, 0.1) is 5.82 Å². The van der Waals surface area contributed by atoms with Crippen molar-refractivity contribution in [2.45, 2.75) is 18.8 Å². The van der Waals surface area contributed by atoms with E-state index in [-0.39, 0.29) is 11.7 Å². The highest BCUT2D eigenvalue weighted by Gasteiger charge is 2.27. The molecular weight excluding hydrogens is 345 g/mol. The third-order valence-corrected chi connectivity index (χ3v) is 5.16. The molecule has 4 aromatic rings. The summed E-state index contributed by atoms with van der Waals surface area (Å²) in [5.41, 5.74) is 4.62. The predicted octanol–water partition coefficient (Wildman–Crippen LogP) is 3.27. The van der Waals surface area contributed by atoms with Gasteiger partial charge in [-0.3, -0.25) is 5.10 Å².